The van der Waals surface area contributed by atoms with Crippen LogP contribution in [0.3, 0.4) is 0 Å². The molecule has 0 bridgehead atoms. The zero-order valence-corrected chi connectivity index (χ0v) is 6.39. The minimum Gasteiger partial charge on any atom is -0.359 e. The standard InChI is InChI=1S/C7H15O2/c1-7(2)4-5-9-6-8-3/h4,7H,5-6H2,1-3H3. The second kappa shape index (κ2) is 6.05. The summed E-state index contributed by atoms with van der Waals surface area (Å²) in [6, 6.07) is 0. The highest BCUT2D eigenvalue weighted by Crippen LogP contribution is 1.96. The van der Waals surface area contributed by atoms with E-state index in [1.807, 2.05) is 0 Å². The van der Waals surface area contributed by atoms with E-state index < -0.39 is 0 Å². The van der Waals surface area contributed by atoms with Crippen molar-refractivity contribution in [1.29, 1.82) is 0 Å². The van der Waals surface area contributed by atoms with Gasteiger partial charge in [0.1, 0.15) is 6.79 Å². The van der Waals surface area contributed by atoms with Crippen LogP contribution in [0, 0.1) is 12.3 Å². The van der Waals surface area contributed by atoms with Crippen LogP contribution in [0.4, 0.5) is 0 Å². The van der Waals surface area contributed by atoms with Crippen molar-refractivity contribution >= 4 is 0 Å². The van der Waals surface area contributed by atoms with Gasteiger partial charge in [-0.25, -0.2) is 0 Å². The molecule has 0 aliphatic carbocycles. The molecular weight excluding hydrogens is 116 g/mol. The molecular formula is C7H15O2. The minimum atomic E-state index is 0.392. The molecule has 0 aromatic carbocycles. The number of rotatable bonds is 5. The second-order valence-electron chi connectivity index (χ2n) is 2.26. The smallest absolute Gasteiger partial charge is 0.146 e. The van der Waals surface area contributed by atoms with Gasteiger partial charge in [0.05, 0.1) is 6.61 Å². The van der Waals surface area contributed by atoms with Crippen molar-refractivity contribution in [3.63, 3.8) is 0 Å². The van der Waals surface area contributed by atoms with Crippen LogP contribution in [0.25, 0.3) is 0 Å². The molecule has 55 valence electrons. The molecule has 0 aliphatic rings. The summed E-state index contributed by atoms with van der Waals surface area (Å²) < 4.78 is 9.70. The van der Waals surface area contributed by atoms with Crippen LogP contribution >= 0.6 is 0 Å². The molecule has 0 spiro atoms. The van der Waals surface area contributed by atoms with E-state index in [1.165, 1.54) is 0 Å². The molecule has 0 saturated carbocycles. The van der Waals surface area contributed by atoms with Gasteiger partial charge in [0.2, 0.25) is 0 Å². The molecule has 9 heavy (non-hydrogen) atoms. The van der Waals surface area contributed by atoms with Gasteiger partial charge >= 0.3 is 0 Å². The number of methoxy groups -OCH3 is 1. The van der Waals surface area contributed by atoms with E-state index in [4.69, 9.17) is 4.74 Å². The predicted octanol–water partition coefficient (Wildman–Crippen LogP) is 1.47. The van der Waals surface area contributed by atoms with Crippen molar-refractivity contribution in [2.24, 2.45) is 5.92 Å². The fourth-order valence-electron chi connectivity index (χ4n) is 0.392. The number of hydrogen-bond donors (Lipinski definition) is 0. The van der Waals surface area contributed by atoms with Crippen LogP contribution in [0.1, 0.15) is 13.8 Å². The summed E-state index contributed by atoms with van der Waals surface area (Å²) in [6.07, 6.45) is 2.10. The largest absolute Gasteiger partial charge is 0.359 e. The third kappa shape index (κ3) is 7.92. The molecule has 1 radical (unpaired) electrons. The zero-order chi connectivity index (χ0) is 7.11. The Morgan fingerprint density at radius 2 is 2.11 bits per heavy atom. The molecule has 0 atom stereocenters. The van der Waals surface area contributed by atoms with E-state index in [-0.39, 0.29) is 0 Å². The Morgan fingerprint density at radius 3 is 2.56 bits per heavy atom. The Morgan fingerprint density at radius 1 is 1.44 bits per heavy atom. The van der Waals surface area contributed by atoms with Crippen molar-refractivity contribution in [3.8, 4) is 0 Å². The lowest BCUT2D eigenvalue weighted by atomic mass is 10.1. The van der Waals surface area contributed by atoms with E-state index in [2.05, 4.69) is 25.0 Å². The lowest BCUT2D eigenvalue weighted by molar-refractivity contribution is -0.0236. The molecule has 2 heteroatoms. The van der Waals surface area contributed by atoms with Crippen molar-refractivity contribution in [1.82, 2.24) is 0 Å². The van der Waals surface area contributed by atoms with Crippen molar-refractivity contribution in [3.05, 3.63) is 6.42 Å². The zero-order valence-electron chi connectivity index (χ0n) is 6.39. The molecule has 0 unspecified atom stereocenters. The topological polar surface area (TPSA) is 18.5 Å². The van der Waals surface area contributed by atoms with E-state index in [0.29, 0.717) is 19.3 Å². The Bertz CT molecular complexity index is 52.9. The first-order chi connectivity index (χ1) is 4.27. The van der Waals surface area contributed by atoms with Crippen LogP contribution in [-0.4, -0.2) is 20.5 Å². The van der Waals surface area contributed by atoms with Crippen molar-refractivity contribution < 1.29 is 9.47 Å². The third-order valence-corrected chi connectivity index (χ3v) is 0.887. The van der Waals surface area contributed by atoms with Gasteiger partial charge in [0.25, 0.3) is 0 Å². The summed E-state index contributed by atoms with van der Waals surface area (Å²) in [5.41, 5.74) is 0. The van der Waals surface area contributed by atoms with Gasteiger partial charge in [0, 0.05) is 7.11 Å². The van der Waals surface area contributed by atoms with Crippen molar-refractivity contribution in [2.75, 3.05) is 20.5 Å². The number of ether oxygens (including phenoxy) is 2. The molecule has 0 fully saturated rings. The van der Waals surface area contributed by atoms with Gasteiger partial charge in [-0.05, 0) is 12.3 Å². The Kier molecular flexibility index (Phi) is 5.99. The maximum atomic E-state index is 5.02. The van der Waals surface area contributed by atoms with Crippen LogP contribution in [0.15, 0.2) is 0 Å². The van der Waals surface area contributed by atoms with Crippen LogP contribution < -0.4 is 0 Å². The van der Waals surface area contributed by atoms with E-state index in [1.54, 1.807) is 7.11 Å². The van der Waals surface area contributed by atoms with Crippen LogP contribution in [0.5, 0.6) is 0 Å². The van der Waals surface area contributed by atoms with Gasteiger partial charge in [-0.2, -0.15) is 0 Å². The van der Waals surface area contributed by atoms with Crippen molar-refractivity contribution in [2.45, 2.75) is 13.8 Å². The predicted molar refractivity (Wildman–Crippen MR) is 37.0 cm³/mol. The lowest BCUT2D eigenvalue weighted by Gasteiger charge is -2.03. The average molecular weight is 131 g/mol. The van der Waals surface area contributed by atoms with Gasteiger partial charge in [-0.3, -0.25) is 0 Å². The van der Waals surface area contributed by atoms with E-state index in [0.717, 1.165) is 0 Å². The highest BCUT2D eigenvalue weighted by molar-refractivity contribution is 4.66. The monoisotopic (exact) mass is 131 g/mol. The minimum absolute atomic E-state index is 0.392. The molecule has 0 aromatic rings. The first kappa shape index (κ1) is 8.92. The van der Waals surface area contributed by atoms with Gasteiger partial charge < -0.3 is 9.47 Å². The molecule has 2 nitrogen and oxygen atoms in total. The quantitative estimate of drug-likeness (QED) is 0.415. The average Bonchev–Trinajstić information content (AvgIpc) is 1.80. The first-order valence-electron chi connectivity index (χ1n) is 3.17. The summed E-state index contributed by atoms with van der Waals surface area (Å²) in [7, 11) is 1.62. The Balaban J connectivity index is 2.75. The Labute approximate surface area is 57.2 Å². The summed E-state index contributed by atoms with van der Waals surface area (Å²) in [6.45, 7) is 5.32. The molecule has 0 amide bonds. The van der Waals surface area contributed by atoms with Crippen LogP contribution in [0.2, 0.25) is 0 Å². The molecule has 0 N–H and O–H groups in total. The molecule has 0 heterocycles. The maximum absolute atomic E-state index is 5.02. The van der Waals surface area contributed by atoms with Gasteiger partial charge in [0.15, 0.2) is 0 Å². The summed E-state index contributed by atoms with van der Waals surface area (Å²) >= 11 is 0. The molecule has 0 aliphatic heterocycles. The molecule has 0 rings (SSSR count). The highest BCUT2D eigenvalue weighted by Gasteiger charge is 1.92. The maximum Gasteiger partial charge on any atom is 0.146 e. The fraction of sp³-hybridized carbons (Fsp3) is 0.857. The van der Waals surface area contributed by atoms with E-state index in [9.17, 15) is 0 Å². The summed E-state index contributed by atoms with van der Waals surface area (Å²) in [5, 5.41) is 0. The summed E-state index contributed by atoms with van der Waals surface area (Å²) in [5.74, 6) is 0.599. The SMILES string of the molecule is COCOC[CH]C(C)C. The lowest BCUT2D eigenvalue weighted by Crippen LogP contribution is -2.02. The highest BCUT2D eigenvalue weighted by atomic mass is 16.7. The summed E-state index contributed by atoms with van der Waals surface area (Å²) in [4.78, 5) is 0. The van der Waals surface area contributed by atoms with Crippen LogP contribution in [-0.2, 0) is 9.47 Å². The third-order valence-electron chi connectivity index (χ3n) is 0.887. The normalized spacial score (nSPS) is 10.7. The Hall–Kier alpha value is -0.0800. The van der Waals surface area contributed by atoms with Gasteiger partial charge in [-0.1, -0.05) is 13.8 Å². The fourth-order valence-corrected chi connectivity index (χ4v) is 0.392. The first-order valence-corrected chi connectivity index (χ1v) is 3.17. The van der Waals surface area contributed by atoms with Gasteiger partial charge in [-0.15, -0.1) is 0 Å². The van der Waals surface area contributed by atoms with E-state index >= 15 is 0 Å². The molecule has 0 aromatic heterocycles. The number of hydrogen-bond acceptors (Lipinski definition) is 2. The second-order valence-corrected chi connectivity index (χ2v) is 2.26. The molecule has 0 saturated heterocycles.